The molecule has 0 atom stereocenters. The molecule has 0 saturated heterocycles. The minimum absolute atomic E-state index is 0.210. The van der Waals surface area contributed by atoms with Crippen LogP contribution in [0.3, 0.4) is 0 Å². The van der Waals surface area contributed by atoms with Crippen LogP contribution in [0.1, 0.15) is 63.5 Å². The molecular formula is C19H29NO2. The zero-order valence-electron chi connectivity index (χ0n) is 14.0. The number of hydrogen-bond donors (Lipinski definition) is 1. The van der Waals surface area contributed by atoms with Crippen molar-refractivity contribution in [1.29, 1.82) is 0 Å². The van der Waals surface area contributed by atoms with Crippen LogP contribution in [-0.2, 0) is 22.6 Å². The number of aryl methyl sites for hydroxylation is 1. The van der Waals surface area contributed by atoms with Crippen LogP contribution in [0, 0.1) is 0 Å². The van der Waals surface area contributed by atoms with Crippen LogP contribution in [0.5, 0.6) is 0 Å². The Morgan fingerprint density at radius 1 is 1.18 bits per heavy atom. The fourth-order valence-corrected chi connectivity index (χ4v) is 2.32. The highest BCUT2D eigenvalue weighted by molar-refractivity contribution is 5.86. The second-order valence-corrected chi connectivity index (χ2v) is 5.91. The first kappa shape index (κ1) is 18.3. The number of nitrogens with two attached hydrogens (primary N) is 1. The Kier molecular flexibility index (Phi) is 8.34. The van der Waals surface area contributed by atoms with Crippen LogP contribution in [0.2, 0.25) is 0 Å². The Bertz CT molecular complexity index is 494. The lowest BCUT2D eigenvalue weighted by Crippen LogP contribution is -2.06. The molecule has 3 nitrogen and oxygen atoms in total. The van der Waals surface area contributed by atoms with Gasteiger partial charge in [-0.05, 0) is 31.4 Å². The van der Waals surface area contributed by atoms with Gasteiger partial charge in [-0.25, -0.2) is 4.79 Å². The molecule has 0 spiro atoms. The van der Waals surface area contributed by atoms with E-state index < -0.39 is 0 Å². The normalized spacial score (nSPS) is 10.5. The number of esters is 1. The third-order valence-electron chi connectivity index (χ3n) is 3.73. The van der Waals surface area contributed by atoms with Crippen LogP contribution in [0.25, 0.3) is 0 Å². The summed E-state index contributed by atoms with van der Waals surface area (Å²) in [6.07, 6.45) is 8.77. The van der Waals surface area contributed by atoms with E-state index >= 15 is 0 Å². The van der Waals surface area contributed by atoms with Crippen molar-refractivity contribution in [2.24, 2.45) is 0 Å². The predicted molar refractivity (Wildman–Crippen MR) is 92.5 cm³/mol. The Morgan fingerprint density at radius 2 is 1.86 bits per heavy atom. The predicted octanol–water partition coefficient (Wildman–Crippen LogP) is 4.79. The van der Waals surface area contributed by atoms with Crippen LogP contribution >= 0.6 is 0 Å². The third kappa shape index (κ3) is 6.79. The van der Waals surface area contributed by atoms with Crippen LogP contribution in [-0.4, -0.2) is 5.97 Å². The van der Waals surface area contributed by atoms with Crippen LogP contribution in [0.15, 0.2) is 30.4 Å². The summed E-state index contributed by atoms with van der Waals surface area (Å²) in [7, 11) is 0. The van der Waals surface area contributed by atoms with Crippen LogP contribution < -0.4 is 5.73 Å². The van der Waals surface area contributed by atoms with Gasteiger partial charge in [0.2, 0.25) is 0 Å². The van der Waals surface area contributed by atoms with Gasteiger partial charge in [0, 0.05) is 16.8 Å². The number of carbonyl (C=O) groups is 1. The monoisotopic (exact) mass is 303 g/mol. The van der Waals surface area contributed by atoms with Crippen molar-refractivity contribution in [3.05, 3.63) is 41.5 Å². The van der Waals surface area contributed by atoms with Gasteiger partial charge in [0.25, 0.3) is 0 Å². The van der Waals surface area contributed by atoms with Gasteiger partial charge in [0.1, 0.15) is 6.61 Å². The summed E-state index contributed by atoms with van der Waals surface area (Å²) in [6.45, 7) is 7.66. The van der Waals surface area contributed by atoms with Gasteiger partial charge in [-0.15, -0.1) is 0 Å². The molecule has 0 aromatic heterocycles. The van der Waals surface area contributed by atoms with Gasteiger partial charge in [-0.2, -0.15) is 0 Å². The lowest BCUT2D eigenvalue weighted by atomic mass is 10.0. The molecule has 0 bridgehead atoms. The van der Waals surface area contributed by atoms with Crippen molar-refractivity contribution in [3.8, 4) is 0 Å². The third-order valence-corrected chi connectivity index (χ3v) is 3.73. The molecule has 1 aromatic rings. The molecule has 22 heavy (non-hydrogen) atoms. The lowest BCUT2D eigenvalue weighted by Gasteiger charge is -2.10. The highest BCUT2D eigenvalue weighted by Crippen LogP contribution is 2.18. The van der Waals surface area contributed by atoms with Crippen molar-refractivity contribution in [2.45, 2.75) is 65.4 Å². The minimum Gasteiger partial charge on any atom is -0.457 e. The number of carbonyl (C=O) groups excluding carboxylic acids is 1. The molecular weight excluding hydrogens is 274 g/mol. The van der Waals surface area contributed by atoms with E-state index in [2.05, 4.69) is 19.6 Å². The zero-order valence-corrected chi connectivity index (χ0v) is 14.0. The topological polar surface area (TPSA) is 52.3 Å². The molecule has 0 unspecified atom stereocenters. The SMILES string of the molecule is C=C(C)C(=O)OCc1cc(CCCCCCCC)ccc1N. The molecule has 122 valence electrons. The molecule has 0 aliphatic heterocycles. The van der Waals surface area contributed by atoms with Crippen molar-refractivity contribution in [3.63, 3.8) is 0 Å². The largest absolute Gasteiger partial charge is 0.457 e. The smallest absolute Gasteiger partial charge is 0.333 e. The molecule has 2 N–H and O–H groups in total. The molecule has 0 saturated carbocycles. The molecule has 0 amide bonds. The Labute approximate surface area is 134 Å². The first-order valence-electron chi connectivity index (χ1n) is 8.24. The van der Waals surface area contributed by atoms with Gasteiger partial charge < -0.3 is 10.5 Å². The van der Waals surface area contributed by atoms with Crippen molar-refractivity contribution in [2.75, 3.05) is 5.73 Å². The summed E-state index contributed by atoms with van der Waals surface area (Å²) in [5.74, 6) is -0.374. The van der Waals surface area contributed by atoms with Crippen LogP contribution in [0.4, 0.5) is 5.69 Å². The van der Waals surface area contributed by atoms with E-state index in [1.807, 2.05) is 12.1 Å². The lowest BCUT2D eigenvalue weighted by molar-refractivity contribution is -0.140. The van der Waals surface area contributed by atoms with E-state index in [4.69, 9.17) is 10.5 Å². The van der Waals surface area contributed by atoms with Gasteiger partial charge >= 0.3 is 5.97 Å². The first-order chi connectivity index (χ1) is 10.5. The van der Waals surface area contributed by atoms with E-state index in [-0.39, 0.29) is 12.6 Å². The maximum atomic E-state index is 11.4. The van der Waals surface area contributed by atoms with E-state index in [0.717, 1.165) is 12.0 Å². The molecule has 1 aromatic carbocycles. The second kappa shape index (κ2) is 10.0. The zero-order chi connectivity index (χ0) is 16.4. The summed E-state index contributed by atoms with van der Waals surface area (Å²) in [4.78, 5) is 11.4. The summed E-state index contributed by atoms with van der Waals surface area (Å²) in [5, 5.41) is 0. The van der Waals surface area contributed by atoms with Gasteiger partial charge in [0.05, 0.1) is 0 Å². The summed E-state index contributed by atoms with van der Waals surface area (Å²) < 4.78 is 5.18. The number of nitrogen functional groups attached to an aromatic ring is 1. The molecule has 3 heteroatoms. The molecule has 0 fully saturated rings. The van der Waals surface area contributed by atoms with Crippen molar-refractivity contribution < 1.29 is 9.53 Å². The highest BCUT2D eigenvalue weighted by Gasteiger charge is 2.07. The maximum Gasteiger partial charge on any atom is 0.333 e. The number of rotatable bonds is 10. The number of unbranched alkanes of at least 4 members (excludes halogenated alkanes) is 5. The first-order valence-corrected chi connectivity index (χ1v) is 8.24. The maximum absolute atomic E-state index is 11.4. The molecule has 0 aliphatic carbocycles. The van der Waals surface area contributed by atoms with Gasteiger partial charge in [-0.3, -0.25) is 0 Å². The molecule has 0 heterocycles. The second-order valence-electron chi connectivity index (χ2n) is 5.91. The fourth-order valence-electron chi connectivity index (χ4n) is 2.32. The minimum atomic E-state index is -0.374. The summed E-state index contributed by atoms with van der Waals surface area (Å²) in [5.41, 5.74) is 9.15. The van der Waals surface area contributed by atoms with E-state index in [0.29, 0.717) is 11.3 Å². The van der Waals surface area contributed by atoms with Gasteiger partial charge in [-0.1, -0.05) is 57.7 Å². The average molecular weight is 303 g/mol. The Morgan fingerprint density at radius 3 is 2.55 bits per heavy atom. The Balaban J connectivity index is 2.44. The molecule has 0 radical (unpaired) electrons. The standard InChI is InChI=1S/C19H29NO2/c1-4-5-6-7-8-9-10-16-11-12-18(20)17(13-16)14-22-19(21)15(2)3/h11-13H,2,4-10,14,20H2,1,3H3. The Hall–Kier alpha value is -1.77. The number of benzene rings is 1. The van der Waals surface area contributed by atoms with Crippen molar-refractivity contribution >= 4 is 11.7 Å². The molecule has 0 aliphatic rings. The quantitative estimate of drug-likeness (QED) is 0.292. The average Bonchev–Trinajstić information content (AvgIpc) is 2.50. The van der Waals surface area contributed by atoms with E-state index in [9.17, 15) is 4.79 Å². The van der Waals surface area contributed by atoms with Crippen molar-refractivity contribution in [1.82, 2.24) is 0 Å². The number of hydrogen-bond acceptors (Lipinski definition) is 3. The van der Waals surface area contributed by atoms with Gasteiger partial charge in [0.15, 0.2) is 0 Å². The molecule has 1 rings (SSSR count). The highest BCUT2D eigenvalue weighted by atomic mass is 16.5. The number of anilines is 1. The number of ether oxygens (including phenoxy) is 1. The van der Waals surface area contributed by atoms with E-state index in [1.165, 1.54) is 44.1 Å². The fraction of sp³-hybridized carbons (Fsp3) is 0.526. The summed E-state index contributed by atoms with van der Waals surface area (Å²) >= 11 is 0. The summed E-state index contributed by atoms with van der Waals surface area (Å²) in [6, 6.07) is 6.01. The van der Waals surface area contributed by atoms with E-state index in [1.54, 1.807) is 6.92 Å².